The van der Waals surface area contributed by atoms with Crippen molar-refractivity contribution in [2.24, 2.45) is 0 Å². The number of amides is 1. The van der Waals surface area contributed by atoms with Gasteiger partial charge >= 0.3 is 5.88 Å². The van der Waals surface area contributed by atoms with Gasteiger partial charge in [-0.25, -0.2) is 9.97 Å². The van der Waals surface area contributed by atoms with Gasteiger partial charge in [0.25, 0.3) is 5.91 Å². The van der Waals surface area contributed by atoms with Crippen LogP contribution < -0.4 is 10.2 Å². The molecule has 0 aliphatic heterocycles. The first-order valence-corrected chi connectivity index (χ1v) is 6.41. The van der Waals surface area contributed by atoms with Gasteiger partial charge in [-0.05, 0) is 13.0 Å². The highest BCUT2D eigenvalue weighted by Gasteiger charge is 2.17. The number of hydrogen-bond acceptors (Lipinski definition) is 7. The summed E-state index contributed by atoms with van der Waals surface area (Å²) in [6, 6.07) is 4.19. The minimum absolute atomic E-state index is 0.0931. The van der Waals surface area contributed by atoms with Crippen molar-refractivity contribution in [3.05, 3.63) is 45.6 Å². The lowest BCUT2D eigenvalue weighted by Gasteiger charge is -2.13. The van der Waals surface area contributed by atoms with Gasteiger partial charge in [0, 0.05) is 25.9 Å². The van der Waals surface area contributed by atoms with E-state index in [2.05, 4.69) is 15.3 Å². The van der Waals surface area contributed by atoms with Gasteiger partial charge in [-0.15, -0.1) is 0 Å². The Morgan fingerprint density at radius 3 is 2.73 bits per heavy atom. The summed E-state index contributed by atoms with van der Waals surface area (Å²) >= 11 is 0. The molecule has 0 aliphatic rings. The number of hydrogen-bond donors (Lipinski definition) is 1. The highest BCUT2D eigenvalue weighted by atomic mass is 16.6. The highest BCUT2D eigenvalue weighted by molar-refractivity contribution is 5.91. The van der Waals surface area contributed by atoms with E-state index in [4.69, 9.17) is 4.42 Å². The summed E-state index contributed by atoms with van der Waals surface area (Å²) in [4.78, 5) is 32.0. The summed E-state index contributed by atoms with van der Waals surface area (Å²) in [5.41, 5.74) is 0.775. The first-order chi connectivity index (χ1) is 10.4. The van der Waals surface area contributed by atoms with Crippen LogP contribution in [0.2, 0.25) is 0 Å². The van der Waals surface area contributed by atoms with Gasteiger partial charge in [-0.3, -0.25) is 14.9 Å². The Balaban J connectivity index is 2.05. The predicted octanol–water partition coefficient (Wildman–Crippen LogP) is 1.28. The topological polar surface area (TPSA) is 114 Å². The quantitative estimate of drug-likeness (QED) is 0.653. The monoisotopic (exact) mass is 305 g/mol. The normalized spacial score (nSPS) is 10.3. The van der Waals surface area contributed by atoms with E-state index in [1.54, 1.807) is 0 Å². The Morgan fingerprint density at radius 2 is 2.14 bits per heavy atom. The summed E-state index contributed by atoms with van der Waals surface area (Å²) in [5.74, 6) is -0.00728. The lowest BCUT2D eigenvalue weighted by atomic mass is 10.4. The van der Waals surface area contributed by atoms with Crippen LogP contribution in [0.1, 0.15) is 22.1 Å². The fourth-order valence-electron chi connectivity index (χ4n) is 1.71. The van der Waals surface area contributed by atoms with E-state index in [0.29, 0.717) is 5.82 Å². The van der Waals surface area contributed by atoms with E-state index in [1.165, 1.54) is 6.07 Å². The Bertz CT molecular complexity index is 710. The molecule has 2 rings (SSSR count). The number of anilines is 1. The van der Waals surface area contributed by atoms with Crippen molar-refractivity contribution in [3.8, 4) is 0 Å². The average molecular weight is 305 g/mol. The average Bonchev–Trinajstić information content (AvgIpc) is 2.94. The number of nitrogens with one attached hydrogen (secondary N) is 1. The third-order valence-corrected chi connectivity index (χ3v) is 2.75. The molecule has 9 heteroatoms. The predicted molar refractivity (Wildman–Crippen MR) is 77.6 cm³/mol. The third-order valence-electron chi connectivity index (χ3n) is 2.75. The summed E-state index contributed by atoms with van der Waals surface area (Å²) in [5, 5.41) is 13.1. The minimum Gasteiger partial charge on any atom is -0.395 e. The van der Waals surface area contributed by atoms with Crippen LogP contribution in [0.25, 0.3) is 0 Å². The van der Waals surface area contributed by atoms with Crippen molar-refractivity contribution >= 4 is 17.6 Å². The fraction of sp³-hybridized carbons (Fsp3) is 0.308. The van der Waals surface area contributed by atoms with E-state index >= 15 is 0 Å². The molecule has 1 N–H and O–H groups in total. The number of aryl methyl sites for hydroxylation is 1. The van der Waals surface area contributed by atoms with Crippen LogP contribution in [-0.4, -0.2) is 34.9 Å². The van der Waals surface area contributed by atoms with Crippen molar-refractivity contribution in [2.75, 3.05) is 19.0 Å². The summed E-state index contributed by atoms with van der Waals surface area (Å²) in [6.07, 6.45) is 0. The third kappa shape index (κ3) is 3.57. The van der Waals surface area contributed by atoms with Gasteiger partial charge in [0.05, 0.1) is 12.6 Å². The molecule has 0 saturated carbocycles. The molecular weight excluding hydrogens is 290 g/mol. The molecule has 2 aromatic heterocycles. The van der Waals surface area contributed by atoms with E-state index < -0.39 is 16.7 Å². The van der Waals surface area contributed by atoms with Crippen molar-refractivity contribution in [1.82, 2.24) is 15.3 Å². The van der Waals surface area contributed by atoms with Gasteiger partial charge in [0.2, 0.25) is 0 Å². The smallest absolute Gasteiger partial charge is 0.395 e. The maximum Gasteiger partial charge on any atom is 0.433 e. The summed E-state index contributed by atoms with van der Waals surface area (Å²) < 4.78 is 4.82. The molecule has 116 valence electrons. The van der Waals surface area contributed by atoms with E-state index in [1.807, 2.05) is 32.0 Å². The van der Waals surface area contributed by atoms with E-state index in [-0.39, 0.29) is 12.3 Å². The molecule has 22 heavy (non-hydrogen) atoms. The van der Waals surface area contributed by atoms with Crippen LogP contribution in [-0.2, 0) is 6.54 Å². The standard InChI is InChI=1S/C13H15N5O4/c1-8-6-11(17(2)3)16-10(15-8)7-14-13(19)9-4-5-12(22-9)18(20)21/h4-6H,7H2,1-3H3,(H,14,19). The first kappa shape index (κ1) is 15.4. The molecule has 9 nitrogen and oxygen atoms in total. The number of aromatic nitrogens is 2. The summed E-state index contributed by atoms with van der Waals surface area (Å²) in [6.45, 7) is 1.92. The second kappa shape index (κ2) is 6.20. The van der Waals surface area contributed by atoms with Crippen LogP contribution in [0.4, 0.5) is 11.7 Å². The Hall–Kier alpha value is -2.97. The fourth-order valence-corrected chi connectivity index (χ4v) is 1.71. The van der Waals surface area contributed by atoms with Crippen molar-refractivity contribution in [2.45, 2.75) is 13.5 Å². The highest BCUT2D eigenvalue weighted by Crippen LogP contribution is 2.15. The number of carbonyl (C=O) groups excluding carboxylic acids is 1. The van der Waals surface area contributed by atoms with Crippen LogP contribution >= 0.6 is 0 Å². The first-order valence-electron chi connectivity index (χ1n) is 6.41. The molecular formula is C13H15N5O4. The second-order valence-corrected chi connectivity index (χ2v) is 4.76. The molecule has 0 bridgehead atoms. The van der Waals surface area contributed by atoms with Crippen LogP contribution in [0, 0.1) is 17.0 Å². The molecule has 0 atom stereocenters. The molecule has 2 heterocycles. The van der Waals surface area contributed by atoms with E-state index in [9.17, 15) is 14.9 Å². The maximum atomic E-state index is 11.9. The van der Waals surface area contributed by atoms with Crippen molar-refractivity contribution < 1.29 is 14.1 Å². The molecule has 2 aromatic rings. The number of nitro groups is 1. The van der Waals surface area contributed by atoms with Crippen LogP contribution in [0.5, 0.6) is 0 Å². The molecule has 0 aliphatic carbocycles. The van der Waals surface area contributed by atoms with Gasteiger partial charge in [-0.1, -0.05) is 0 Å². The maximum absolute atomic E-state index is 11.9. The van der Waals surface area contributed by atoms with E-state index in [0.717, 1.165) is 17.6 Å². The lowest BCUT2D eigenvalue weighted by Crippen LogP contribution is -2.24. The number of furan rings is 1. The number of rotatable bonds is 5. The molecule has 0 spiro atoms. The lowest BCUT2D eigenvalue weighted by molar-refractivity contribution is -0.402. The number of nitrogens with zero attached hydrogens (tertiary/aromatic N) is 4. The second-order valence-electron chi connectivity index (χ2n) is 4.76. The Morgan fingerprint density at radius 1 is 1.41 bits per heavy atom. The molecule has 0 fully saturated rings. The largest absolute Gasteiger partial charge is 0.433 e. The zero-order valence-corrected chi connectivity index (χ0v) is 12.4. The van der Waals surface area contributed by atoms with Gasteiger partial charge in [0.1, 0.15) is 16.6 Å². The van der Waals surface area contributed by atoms with Gasteiger partial charge in [-0.2, -0.15) is 0 Å². The van der Waals surface area contributed by atoms with Crippen molar-refractivity contribution in [3.63, 3.8) is 0 Å². The number of carbonyl (C=O) groups is 1. The zero-order valence-electron chi connectivity index (χ0n) is 12.4. The van der Waals surface area contributed by atoms with Gasteiger partial charge in [0.15, 0.2) is 5.76 Å². The summed E-state index contributed by atoms with van der Waals surface area (Å²) in [7, 11) is 3.71. The minimum atomic E-state index is -0.705. The molecule has 0 saturated heterocycles. The molecule has 0 radical (unpaired) electrons. The Kier molecular flexibility index (Phi) is 4.35. The Labute approximate surface area is 126 Å². The SMILES string of the molecule is Cc1cc(N(C)C)nc(CNC(=O)c2ccc([N+](=O)[O-])o2)n1. The zero-order chi connectivity index (χ0) is 16.3. The van der Waals surface area contributed by atoms with Crippen molar-refractivity contribution in [1.29, 1.82) is 0 Å². The molecule has 0 aromatic carbocycles. The van der Waals surface area contributed by atoms with Crippen LogP contribution in [0.15, 0.2) is 22.6 Å². The molecule has 0 unspecified atom stereocenters. The van der Waals surface area contributed by atoms with Crippen LogP contribution in [0.3, 0.4) is 0 Å². The van der Waals surface area contributed by atoms with Gasteiger partial charge < -0.3 is 14.6 Å². The molecule has 1 amide bonds.